The molecule has 2 heterocycles. The molecule has 0 spiro atoms. The van der Waals surface area contributed by atoms with Crippen LogP contribution >= 0.6 is 11.6 Å². The van der Waals surface area contributed by atoms with Crippen LogP contribution in [0.3, 0.4) is 0 Å². The molecule has 0 N–H and O–H groups in total. The van der Waals surface area contributed by atoms with Crippen LogP contribution in [0.2, 0.25) is 5.02 Å². The van der Waals surface area contributed by atoms with Crippen LogP contribution in [0.4, 0.5) is 5.82 Å². The number of rotatable bonds is 4. The van der Waals surface area contributed by atoms with Crippen molar-refractivity contribution in [2.45, 2.75) is 32.2 Å². The molecular weight excluding hydrogens is 336 g/mol. The highest BCUT2D eigenvalue weighted by atomic mass is 35.5. The van der Waals surface area contributed by atoms with Crippen molar-refractivity contribution < 1.29 is 4.79 Å². The largest absolute Gasteiger partial charge is 0.356 e. The molecule has 25 heavy (non-hydrogen) atoms. The van der Waals surface area contributed by atoms with Crippen LogP contribution in [0.25, 0.3) is 11.3 Å². The van der Waals surface area contributed by atoms with Crippen LogP contribution in [-0.4, -0.2) is 47.0 Å². The second kappa shape index (κ2) is 7.83. The summed E-state index contributed by atoms with van der Waals surface area (Å²) in [6.07, 6.45) is 4.05. The minimum Gasteiger partial charge on any atom is -0.356 e. The van der Waals surface area contributed by atoms with Gasteiger partial charge in [0.15, 0.2) is 0 Å². The van der Waals surface area contributed by atoms with Gasteiger partial charge in [-0.1, -0.05) is 36.7 Å². The Kier molecular flexibility index (Phi) is 5.53. The van der Waals surface area contributed by atoms with Crippen molar-refractivity contribution in [1.29, 1.82) is 0 Å². The summed E-state index contributed by atoms with van der Waals surface area (Å²) < 4.78 is 0. The fourth-order valence-corrected chi connectivity index (χ4v) is 3.50. The number of carbonyl (C=O) groups excluding carboxylic acids is 1. The number of piperidine rings is 1. The zero-order valence-corrected chi connectivity index (χ0v) is 15.4. The van der Waals surface area contributed by atoms with E-state index in [1.54, 1.807) is 6.33 Å². The molecule has 1 aliphatic rings. The zero-order chi connectivity index (χ0) is 17.8. The third-order valence-electron chi connectivity index (χ3n) is 4.83. The summed E-state index contributed by atoms with van der Waals surface area (Å²) in [5, 5.41) is 0.686. The smallest absolute Gasteiger partial charge is 0.222 e. The molecule has 1 aromatic heterocycles. The molecule has 0 radical (unpaired) electrons. The summed E-state index contributed by atoms with van der Waals surface area (Å²) in [6, 6.07) is 10.00. The fourth-order valence-electron chi connectivity index (χ4n) is 3.27. The maximum absolute atomic E-state index is 11.9. The molecule has 1 amide bonds. The number of nitrogens with zero attached hydrogens (tertiary/aromatic N) is 4. The quantitative estimate of drug-likeness (QED) is 0.837. The maximum Gasteiger partial charge on any atom is 0.222 e. The lowest BCUT2D eigenvalue weighted by atomic mass is 10.0. The minimum atomic E-state index is 0.210. The molecule has 5 nitrogen and oxygen atoms in total. The van der Waals surface area contributed by atoms with Gasteiger partial charge in [0.05, 0.1) is 5.69 Å². The van der Waals surface area contributed by atoms with E-state index in [2.05, 4.69) is 14.9 Å². The molecule has 1 fully saturated rings. The Morgan fingerprint density at radius 3 is 2.68 bits per heavy atom. The van der Waals surface area contributed by atoms with Crippen LogP contribution in [0, 0.1) is 0 Å². The van der Waals surface area contributed by atoms with Gasteiger partial charge in [-0.3, -0.25) is 4.79 Å². The first-order valence-electron chi connectivity index (χ1n) is 8.67. The normalized spacial score (nSPS) is 15.2. The topological polar surface area (TPSA) is 49.3 Å². The third kappa shape index (κ3) is 3.93. The molecule has 0 unspecified atom stereocenters. The molecule has 1 saturated heterocycles. The van der Waals surface area contributed by atoms with Crippen LogP contribution < -0.4 is 4.90 Å². The molecule has 3 rings (SSSR count). The van der Waals surface area contributed by atoms with E-state index >= 15 is 0 Å². The van der Waals surface area contributed by atoms with E-state index in [1.807, 2.05) is 49.2 Å². The molecule has 0 saturated carbocycles. The van der Waals surface area contributed by atoms with E-state index in [0.29, 0.717) is 17.5 Å². The lowest BCUT2D eigenvalue weighted by Gasteiger charge is -2.37. The first kappa shape index (κ1) is 17.7. The second-order valence-electron chi connectivity index (χ2n) is 6.32. The van der Waals surface area contributed by atoms with E-state index < -0.39 is 0 Å². The molecule has 0 atom stereocenters. The average Bonchev–Trinajstić information content (AvgIpc) is 2.67. The summed E-state index contributed by atoms with van der Waals surface area (Å²) in [4.78, 5) is 24.8. The Balaban J connectivity index is 1.71. The van der Waals surface area contributed by atoms with Crippen molar-refractivity contribution in [1.82, 2.24) is 14.9 Å². The van der Waals surface area contributed by atoms with Gasteiger partial charge in [-0.2, -0.15) is 0 Å². The predicted molar refractivity (Wildman–Crippen MR) is 101 cm³/mol. The predicted octanol–water partition coefficient (Wildman–Crippen LogP) is 3.63. The maximum atomic E-state index is 11.9. The number of benzene rings is 1. The molecule has 132 valence electrons. The van der Waals surface area contributed by atoms with Gasteiger partial charge in [-0.25, -0.2) is 9.97 Å². The fraction of sp³-hybridized carbons (Fsp3) is 0.421. The van der Waals surface area contributed by atoms with E-state index in [-0.39, 0.29) is 5.91 Å². The van der Waals surface area contributed by atoms with Crippen molar-refractivity contribution in [3.63, 3.8) is 0 Å². The van der Waals surface area contributed by atoms with Gasteiger partial charge in [-0.15, -0.1) is 0 Å². The van der Waals surface area contributed by atoms with Gasteiger partial charge < -0.3 is 9.80 Å². The molecule has 2 aromatic rings. The summed E-state index contributed by atoms with van der Waals surface area (Å²) in [5.41, 5.74) is 1.74. The van der Waals surface area contributed by atoms with E-state index in [0.717, 1.165) is 43.0 Å². The lowest BCUT2D eigenvalue weighted by molar-refractivity contribution is -0.131. The van der Waals surface area contributed by atoms with Gasteiger partial charge >= 0.3 is 0 Å². The molecule has 1 aliphatic heterocycles. The highest BCUT2D eigenvalue weighted by Crippen LogP contribution is 2.28. The summed E-state index contributed by atoms with van der Waals surface area (Å²) in [6.45, 7) is 3.67. The zero-order valence-electron chi connectivity index (χ0n) is 14.7. The Morgan fingerprint density at radius 2 is 2.00 bits per heavy atom. The number of aromatic nitrogens is 2. The van der Waals surface area contributed by atoms with Crippen molar-refractivity contribution in [3.05, 3.63) is 41.7 Å². The summed E-state index contributed by atoms with van der Waals surface area (Å²) in [5.74, 6) is 1.12. The summed E-state index contributed by atoms with van der Waals surface area (Å²) >= 11 is 6.28. The highest BCUT2D eigenvalue weighted by Gasteiger charge is 2.25. The first-order chi connectivity index (χ1) is 12.1. The molecule has 6 heteroatoms. The first-order valence-corrected chi connectivity index (χ1v) is 9.05. The molecule has 0 bridgehead atoms. The van der Waals surface area contributed by atoms with Crippen LogP contribution in [-0.2, 0) is 4.79 Å². The van der Waals surface area contributed by atoms with Crippen molar-refractivity contribution in [2.75, 3.05) is 25.0 Å². The van der Waals surface area contributed by atoms with Crippen molar-refractivity contribution in [2.24, 2.45) is 0 Å². The van der Waals surface area contributed by atoms with E-state index in [1.165, 1.54) is 0 Å². The van der Waals surface area contributed by atoms with Gasteiger partial charge in [0.2, 0.25) is 5.91 Å². The molecule has 1 aromatic carbocycles. The van der Waals surface area contributed by atoms with E-state index in [9.17, 15) is 4.79 Å². The highest BCUT2D eigenvalue weighted by molar-refractivity contribution is 6.33. The summed E-state index contributed by atoms with van der Waals surface area (Å²) in [7, 11) is 1.91. The van der Waals surface area contributed by atoms with Crippen LogP contribution in [0.15, 0.2) is 36.7 Å². The lowest BCUT2D eigenvalue weighted by Crippen LogP contribution is -2.45. The number of hydrogen-bond donors (Lipinski definition) is 0. The third-order valence-corrected chi connectivity index (χ3v) is 5.16. The Hall–Kier alpha value is -2.14. The Bertz CT molecular complexity index is 744. The van der Waals surface area contributed by atoms with Crippen molar-refractivity contribution >= 4 is 23.3 Å². The number of anilines is 1. The Labute approximate surface area is 153 Å². The second-order valence-corrected chi connectivity index (χ2v) is 6.72. The monoisotopic (exact) mass is 358 g/mol. The van der Waals surface area contributed by atoms with Gasteiger partial charge in [0, 0.05) is 49.3 Å². The number of hydrogen-bond acceptors (Lipinski definition) is 4. The number of amides is 1. The minimum absolute atomic E-state index is 0.210. The number of halogens is 1. The number of carbonyl (C=O) groups is 1. The molecular formula is C19H23ClN4O. The van der Waals surface area contributed by atoms with Gasteiger partial charge in [-0.05, 0) is 18.9 Å². The Morgan fingerprint density at radius 1 is 1.28 bits per heavy atom. The SMILES string of the molecule is CCC(=O)N(C)C1CCN(c2cc(-c3ccccc3Cl)ncn2)CC1. The van der Waals surface area contributed by atoms with Gasteiger partial charge in [0.1, 0.15) is 12.1 Å². The van der Waals surface area contributed by atoms with E-state index in [4.69, 9.17) is 11.6 Å². The van der Waals surface area contributed by atoms with Crippen LogP contribution in [0.5, 0.6) is 0 Å². The van der Waals surface area contributed by atoms with Gasteiger partial charge in [0.25, 0.3) is 0 Å². The average molecular weight is 359 g/mol. The van der Waals surface area contributed by atoms with Crippen molar-refractivity contribution in [3.8, 4) is 11.3 Å². The standard InChI is InChI=1S/C19H23ClN4O/c1-3-19(25)23(2)14-8-10-24(11-9-14)18-12-17(21-13-22-18)15-6-4-5-7-16(15)20/h4-7,12-14H,3,8-11H2,1-2H3. The van der Waals surface area contributed by atoms with Crippen LogP contribution in [0.1, 0.15) is 26.2 Å². The molecule has 0 aliphatic carbocycles.